The Bertz CT molecular complexity index is 605. The molecule has 1 aliphatic rings. The van der Waals surface area contributed by atoms with Crippen LogP contribution in [0.5, 0.6) is 0 Å². The number of urea groups is 1. The monoisotopic (exact) mass is 333 g/mol. The standard InChI is InChI=1S/C17H23N3O4/c1-3-11(2)14(15(21)19-24)20-16(22)13(18-17(20)23)10-9-12-7-5-4-6-8-12/h4-8,11,13-14,24H,3,9-10H2,1-2H3,(H,18,23)(H,19,21). The number of carbonyl (C=O) groups excluding carboxylic acids is 3. The zero-order valence-corrected chi connectivity index (χ0v) is 13.9. The van der Waals surface area contributed by atoms with Gasteiger partial charge < -0.3 is 5.32 Å². The minimum atomic E-state index is -1.02. The van der Waals surface area contributed by atoms with Gasteiger partial charge in [-0.1, -0.05) is 50.6 Å². The number of rotatable bonds is 7. The van der Waals surface area contributed by atoms with Gasteiger partial charge >= 0.3 is 6.03 Å². The van der Waals surface area contributed by atoms with Crippen LogP contribution in [0, 0.1) is 5.92 Å². The van der Waals surface area contributed by atoms with Crippen LogP contribution < -0.4 is 10.8 Å². The van der Waals surface area contributed by atoms with Crippen LogP contribution in [0.1, 0.15) is 32.3 Å². The Hall–Kier alpha value is -2.41. The van der Waals surface area contributed by atoms with E-state index in [9.17, 15) is 14.4 Å². The number of nitrogens with zero attached hydrogens (tertiary/aromatic N) is 1. The number of hydroxylamine groups is 1. The van der Waals surface area contributed by atoms with Crippen molar-refractivity contribution in [2.24, 2.45) is 5.92 Å². The highest BCUT2D eigenvalue weighted by atomic mass is 16.5. The Kier molecular flexibility index (Phi) is 5.92. The first-order valence-electron chi connectivity index (χ1n) is 8.11. The van der Waals surface area contributed by atoms with Crippen molar-refractivity contribution >= 4 is 17.8 Å². The fourth-order valence-corrected chi connectivity index (χ4v) is 2.88. The molecule has 1 saturated heterocycles. The van der Waals surface area contributed by atoms with Gasteiger partial charge in [0.05, 0.1) is 0 Å². The summed E-state index contributed by atoms with van der Waals surface area (Å²) < 4.78 is 0. The Labute approximate surface area is 141 Å². The predicted molar refractivity (Wildman–Crippen MR) is 87.1 cm³/mol. The van der Waals surface area contributed by atoms with Crippen LogP contribution in [0.4, 0.5) is 4.79 Å². The minimum absolute atomic E-state index is 0.264. The SMILES string of the molecule is CCC(C)C(C(=O)NO)N1C(=O)NC(CCc2ccccc2)C1=O. The van der Waals surface area contributed by atoms with Gasteiger partial charge in [-0.3, -0.25) is 14.8 Å². The lowest BCUT2D eigenvalue weighted by Gasteiger charge is -2.28. The summed E-state index contributed by atoms with van der Waals surface area (Å²) >= 11 is 0. The second kappa shape index (κ2) is 7.92. The molecular weight excluding hydrogens is 310 g/mol. The maximum Gasteiger partial charge on any atom is 0.325 e. The lowest BCUT2D eigenvalue weighted by Crippen LogP contribution is -2.52. The van der Waals surface area contributed by atoms with E-state index < -0.39 is 29.9 Å². The van der Waals surface area contributed by atoms with E-state index in [4.69, 9.17) is 5.21 Å². The Balaban J connectivity index is 2.10. The molecule has 0 saturated carbocycles. The predicted octanol–water partition coefficient (Wildman–Crippen LogP) is 1.46. The van der Waals surface area contributed by atoms with Gasteiger partial charge in [0, 0.05) is 0 Å². The second-order valence-electron chi connectivity index (χ2n) is 6.04. The third-order valence-corrected chi connectivity index (χ3v) is 4.46. The van der Waals surface area contributed by atoms with E-state index in [1.54, 1.807) is 12.4 Å². The molecule has 1 aromatic carbocycles. The maximum absolute atomic E-state index is 12.6. The Morgan fingerprint density at radius 2 is 2.00 bits per heavy atom. The molecule has 2 rings (SSSR count). The average Bonchev–Trinajstić information content (AvgIpc) is 2.88. The molecule has 3 atom stereocenters. The molecule has 7 nitrogen and oxygen atoms in total. The van der Waals surface area contributed by atoms with Gasteiger partial charge in [0.1, 0.15) is 12.1 Å². The summed E-state index contributed by atoms with van der Waals surface area (Å²) in [5, 5.41) is 11.6. The van der Waals surface area contributed by atoms with E-state index in [-0.39, 0.29) is 5.92 Å². The molecule has 1 aliphatic heterocycles. The van der Waals surface area contributed by atoms with Crippen LogP contribution in [0.25, 0.3) is 0 Å². The van der Waals surface area contributed by atoms with Crippen molar-refractivity contribution in [3.8, 4) is 0 Å². The van der Waals surface area contributed by atoms with Crippen LogP contribution >= 0.6 is 0 Å². The lowest BCUT2D eigenvalue weighted by molar-refractivity contribution is -0.142. The molecule has 1 aromatic rings. The maximum atomic E-state index is 12.6. The molecule has 130 valence electrons. The summed E-state index contributed by atoms with van der Waals surface area (Å²) in [7, 11) is 0. The third kappa shape index (κ3) is 3.73. The van der Waals surface area contributed by atoms with Crippen molar-refractivity contribution in [1.29, 1.82) is 0 Å². The van der Waals surface area contributed by atoms with Crippen LogP contribution in [0.2, 0.25) is 0 Å². The molecule has 0 radical (unpaired) electrons. The molecule has 4 amide bonds. The molecule has 0 bridgehead atoms. The Morgan fingerprint density at radius 3 is 2.58 bits per heavy atom. The van der Waals surface area contributed by atoms with Crippen molar-refractivity contribution in [3.05, 3.63) is 35.9 Å². The third-order valence-electron chi connectivity index (χ3n) is 4.46. The molecular formula is C17H23N3O4. The molecule has 1 fully saturated rings. The van der Waals surface area contributed by atoms with Crippen LogP contribution in [0.3, 0.4) is 0 Å². The molecule has 0 aliphatic carbocycles. The first-order chi connectivity index (χ1) is 11.5. The molecule has 0 aromatic heterocycles. The van der Waals surface area contributed by atoms with Gasteiger partial charge in [-0.25, -0.2) is 15.2 Å². The van der Waals surface area contributed by atoms with Crippen LogP contribution in [-0.2, 0) is 16.0 Å². The molecule has 0 spiro atoms. The van der Waals surface area contributed by atoms with Gasteiger partial charge in [-0.05, 0) is 24.3 Å². The number of benzene rings is 1. The highest BCUT2D eigenvalue weighted by molar-refractivity contribution is 6.07. The fraction of sp³-hybridized carbons (Fsp3) is 0.471. The van der Waals surface area contributed by atoms with Gasteiger partial charge in [0.15, 0.2) is 0 Å². The first kappa shape index (κ1) is 17.9. The summed E-state index contributed by atoms with van der Waals surface area (Å²) in [5.41, 5.74) is 2.63. The average molecular weight is 333 g/mol. The molecule has 3 unspecified atom stereocenters. The van der Waals surface area contributed by atoms with E-state index in [0.29, 0.717) is 19.3 Å². The van der Waals surface area contributed by atoms with E-state index >= 15 is 0 Å². The Morgan fingerprint density at radius 1 is 1.33 bits per heavy atom. The van der Waals surface area contributed by atoms with Crippen molar-refractivity contribution in [2.75, 3.05) is 0 Å². The van der Waals surface area contributed by atoms with E-state index in [1.807, 2.05) is 37.3 Å². The molecule has 1 heterocycles. The first-order valence-corrected chi connectivity index (χ1v) is 8.11. The van der Waals surface area contributed by atoms with Gasteiger partial charge in [0.25, 0.3) is 11.8 Å². The topological polar surface area (TPSA) is 98.7 Å². The van der Waals surface area contributed by atoms with Gasteiger partial charge in [-0.15, -0.1) is 0 Å². The molecule has 3 N–H and O–H groups in total. The smallest absolute Gasteiger partial charge is 0.325 e. The normalized spacial score (nSPS) is 19.8. The zero-order valence-electron chi connectivity index (χ0n) is 13.9. The van der Waals surface area contributed by atoms with Crippen molar-refractivity contribution < 1.29 is 19.6 Å². The summed E-state index contributed by atoms with van der Waals surface area (Å²) in [6.07, 6.45) is 1.69. The number of hydrogen-bond acceptors (Lipinski definition) is 4. The van der Waals surface area contributed by atoms with E-state index in [0.717, 1.165) is 10.5 Å². The number of hydrogen-bond donors (Lipinski definition) is 3. The number of amides is 4. The van der Waals surface area contributed by atoms with Crippen molar-refractivity contribution in [1.82, 2.24) is 15.7 Å². The van der Waals surface area contributed by atoms with Gasteiger partial charge in [-0.2, -0.15) is 0 Å². The highest BCUT2D eigenvalue weighted by Crippen LogP contribution is 2.21. The summed E-state index contributed by atoms with van der Waals surface area (Å²) in [5.74, 6) is -1.44. The molecule has 24 heavy (non-hydrogen) atoms. The number of carbonyl (C=O) groups is 3. The largest absolute Gasteiger partial charge is 0.326 e. The van der Waals surface area contributed by atoms with Crippen LogP contribution in [-0.4, -0.2) is 40.0 Å². The van der Waals surface area contributed by atoms with E-state index in [1.165, 1.54) is 0 Å². The highest BCUT2D eigenvalue weighted by Gasteiger charge is 2.45. The summed E-state index contributed by atoms with van der Waals surface area (Å²) in [4.78, 5) is 37.7. The van der Waals surface area contributed by atoms with Gasteiger partial charge in [0.2, 0.25) is 0 Å². The van der Waals surface area contributed by atoms with Crippen molar-refractivity contribution in [2.45, 2.75) is 45.2 Å². The lowest BCUT2D eigenvalue weighted by atomic mass is 9.96. The zero-order chi connectivity index (χ0) is 17.7. The van der Waals surface area contributed by atoms with Crippen LogP contribution in [0.15, 0.2) is 30.3 Å². The number of imide groups is 1. The molecule has 7 heteroatoms. The van der Waals surface area contributed by atoms with Crippen molar-refractivity contribution in [3.63, 3.8) is 0 Å². The fourth-order valence-electron chi connectivity index (χ4n) is 2.88. The second-order valence-corrected chi connectivity index (χ2v) is 6.04. The number of nitrogens with one attached hydrogen (secondary N) is 2. The number of aryl methyl sites for hydroxylation is 1. The summed E-state index contributed by atoms with van der Waals surface area (Å²) in [6, 6.07) is 7.40. The van der Waals surface area contributed by atoms with E-state index in [2.05, 4.69) is 5.32 Å². The quantitative estimate of drug-likeness (QED) is 0.400. The summed E-state index contributed by atoms with van der Waals surface area (Å²) in [6.45, 7) is 3.62. The minimum Gasteiger partial charge on any atom is -0.326 e.